The minimum absolute atomic E-state index is 0.00809. The van der Waals surface area contributed by atoms with E-state index in [4.69, 9.17) is 4.74 Å². The Bertz CT molecular complexity index is 852. The lowest BCUT2D eigenvalue weighted by Gasteiger charge is -2.15. The molecule has 1 heterocycles. The highest BCUT2D eigenvalue weighted by Crippen LogP contribution is 2.20. The number of hydrogen-bond acceptors (Lipinski definition) is 2. The van der Waals surface area contributed by atoms with Crippen molar-refractivity contribution in [1.82, 2.24) is 10.3 Å². The van der Waals surface area contributed by atoms with Gasteiger partial charge in [0.05, 0.1) is 12.6 Å². The minimum atomic E-state index is -0.00809. The Kier molecular flexibility index (Phi) is 5.95. The maximum atomic E-state index is 12.2. The molecule has 1 aromatic heterocycles. The summed E-state index contributed by atoms with van der Waals surface area (Å²) in [5, 5.41) is 4.32. The molecule has 0 spiro atoms. The van der Waals surface area contributed by atoms with Crippen LogP contribution in [0.1, 0.15) is 43.9 Å². The Morgan fingerprint density at radius 3 is 2.69 bits per heavy atom. The first kappa shape index (κ1) is 18.1. The molecule has 0 aliphatic carbocycles. The van der Waals surface area contributed by atoms with E-state index in [-0.39, 0.29) is 11.9 Å². The number of H-pyrrole nitrogens is 1. The van der Waals surface area contributed by atoms with Crippen molar-refractivity contribution in [2.75, 3.05) is 6.61 Å². The van der Waals surface area contributed by atoms with Gasteiger partial charge in [0, 0.05) is 23.5 Å². The van der Waals surface area contributed by atoms with Crippen LogP contribution in [0.15, 0.2) is 54.7 Å². The highest BCUT2D eigenvalue weighted by molar-refractivity contribution is 5.83. The lowest BCUT2D eigenvalue weighted by Crippen LogP contribution is -2.26. The quantitative estimate of drug-likeness (QED) is 0.615. The van der Waals surface area contributed by atoms with E-state index in [0.717, 1.165) is 29.7 Å². The van der Waals surface area contributed by atoms with Gasteiger partial charge in [0.2, 0.25) is 5.91 Å². The van der Waals surface area contributed by atoms with E-state index in [2.05, 4.69) is 22.4 Å². The average molecular weight is 350 g/mol. The van der Waals surface area contributed by atoms with Gasteiger partial charge >= 0.3 is 0 Å². The second-order valence-corrected chi connectivity index (χ2v) is 6.50. The number of hydrogen-bond donors (Lipinski definition) is 2. The number of carbonyl (C=O) groups excluding carboxylic acids is 1. The highest BCUT2D eigenvalue weighted by atomic mass is 16.5. The van der Waals surface area contributed by atoms with Crippen molar-refractivity contribution in [2.24, 2.45) is 0 Å². The number of carbonyl (C=O) groups is 1. The molecule has 4 nitrogen and oxygen atoms in total. The molecule has 0 saturated heterocycles. The van der Waals surface area contributed by atoms with Gasteiger partial charge in [0.1, 0.15) is 5.75 Å². The summed E-state index contributed by atoms with van der Waals surface area (Å²) in [6, 6.07) is 16.1. The molecular weight excluding hydrogens is 324 g/mol. The van der Waals surface area contributed by atoms with E-state index in [0.29, 0.717) is 13.0 Å². The molecule has 0 aliphatic rings. The zero-order chi connectivity index (χ0) is 18.4. The van der Waals surface area contributed by atoms with Gasteiger partial charge in [-0.05, 0) is 56.0 Å². The molecule has 2 aromatic carbocycles. The standard InChI is InChI=1S/C22H26N2O2/c1-3-26-19-13-11-17(12-14-19)16(2)24-22(25)10-6-7-18-15-23-21-9-5-4-8-20(18)21/h4-5,8-9,11-16,23H,3,6-7,10H2,1-2H3,(H,24,25)/t16-/m1/s1. The Labute approximate surface area is 154 Å². The maximum absolute atomic E-state index is 12.2. The molecule has 3 aromatic rings. The zero-order valence-electron chi connectivity index (χ0n) is 15.4. The summed E-state index contributed by atoms with van der Waals surface area (Å²) in [7, 11) is 0. The first-order valence-electron chi connectivity index (χ1n) is 9.24. The molecule has 0 fully saturated rings. The van der Waals surface area contributed by atoms with Crippen LogP contribution in [0, 0.1) is 0 Å². The predicted molar refractivity (Wildman–Crippen MR) is 105 cm³/mol. The molecule has 4 heteroatoms. The van der Waals surface area contributed by atoms with Gasteiger partial charge in [-0.3, -0.25) is 4.79 Å². The maximum Gasteiger partial charge on any atom is 0.220 e. The molecule has 0 unspecified atom stereocenters. The second kappa shape index (κ2) is 8.56. The first-order chi connectivity index (χ1) is 12.7. The molecular formula is C22H26N2O2. The van der Waals surface area contributed by atoms with Gasteiger partial charge in [-0.1, -0.05) is 30.3 Å². The molecule has 136 valence electrons. The Morgan fingerprint density at radius 2 is 1.92 bits per heavy atom. The number of ether oxygens (including phenoxy) is 1. The van der Waals surface area contributed by atoms with Crippen LogP contribution in [-0.4, -0.2) is 17.5 Å². The van der Waals surface area contributed by atoms with E-state index in [1.165, 1.54) is 10.9 Å². The van der Waals surface area contributed by atoms with E-state index in [1.54, 1.807) is 0 Å². The number of rotatable bonds is 8. The van der Waals surface area contributed by atoms with Crippen LogP contribution in [0.2, 0.25) is 0 Å². The summed E-state index contributed by atoms with van der Waals surface area (Å²) in [5.74, 6) is 0.944. The van der Waals surface area contributed by atoms with Gasteiger partial charge in [-0.25, -0.2) is 0 Å². The fourth-order valence-corrected chi connectivity index (χ4v) is 3.19. The Hall–Kier alpha value is -2.75. The molecule has 3 rings (SSSR count). The Morgan fingerprint density at radius 1 is 1.15 bits per heavy atom. The van der Waals surface area contributed by atoms with Gasteiger partial charge < -0.3 is 15.0 Å². The van der Waals surface area contributed by atoms with Gasteiger partial charge in [0.25, 0.3) is 0 Å². The van der Waals surface area contributed by atoms with Crippen LogP contribution in [-0.2, 0) is 11.2 Å². The molecule has 0 bridgehead atoms. The third kappa shape index (κ3) is 4.45. The average Bonchev–Trinajstić information content (AvgIpc) is 3.06. The van der Waals surface area contributed by atoms with E-state index < -0.39 is 0 Å². The number of para-hydroxylation sites is 1. The number of amides is 1. The topological polar surface area (TPSA) is 54.1 Å². The first-order valence-corrected chi connectivity index (χ1v) is 9.24. The number of benzene rings is 2. The lowest BCUT2D eigenvalue weighted by molar-refractivity contribution is -0.121. The van der Waals surface area contributed by atoms with Crippen molar-refractivity contribution in [3.63, 3.8) is 0 Å². The number of aryl methyl sites for hydroxylation is 1. The zero-order valence-corrected chi connectivity index (χ0v) is 15.4. The van der Waals surface area contributed by atoms with Crippen molar-refractivity contribution < 1.29 is 9.53 Å². The van der Waals surface area contributed by atoms with E-state index in [9.17, 15) is 4.79 Å². The third-order valence-electron chi connectivity index (χ3n) is 4.59. The number of fused-ring (bicyclic) bond motifs is 1. The Balaban J connectivity index is 1.47. The molecule has 2 N–H and O–H groups in total. The van der Waals surface area contributed by atoms with Crippen LogP contribution >= 0.6 is 0 Å². The minimum Gasteiger partial charge on any atom is -0.494 e. The largest absolute Gasteiger partial charge is 0.494 e. The fourth-order valence-electron chi connectivity index (χ4n) is 3.19. The molecule has 0 saturated carbocycles. The monoisotopic (exact) mass is 350 g/mol. The number of aromatic nitrogens is 1. The van der Waals surface area contributed by atoms with Crippen LogP contribution < -0.4 is 10.1 Å². The van der Waals surface area contributed by atoms with Crippen LogP contribution in [0.25, 0.3) is 10.9 Å². The van der Waals surface area contributed by atoms with Gasteiger partial charge in [-0.2, -0.15) is 0 Å². The van der Waals surface area contributed by atoms with Crippen molar-refractivity contribution in [1.29, 1.82) is 0 Å². The molecule has 0 aliphatic heterocycles. The van der Waals surface area contributed by atoms with Gasteiger partial charge in [-0.15, -0.1) is 0 Å². The van der Waals surface area contributed by atoms with Crippen LogP contribution in [0.3, 0.4) is 0 Å². The molecule has 1 amide bonds. The van der Waals surface area contributed by atoms with Crippen molar-refractivity contribution in [3.05, 3.63) is 65.9 Å². The lowest BCUT2D eigenvalue weighted by atomic mass is 10.1. The summed E-state index contributed by atoms with van der Waals surface area (Å²) >= 11 is 0. The van der Waals surface area contributed by atoms with Crippen LogP contribution in [0.4, 0.5) is 0 Å². The molecule has 1 atom stereocenters. The third-order valence-corrected chi connectivity index (χ3v) is 4.59. The second-order valence-electron chi connectivity index (χ2n) is 6.50. The molecule has 0 radical (unpaired) electrons. The highest BCUT2D eigenvalue weighted by Gasteiger charge is 2.10. The summed E-state index contributed by atoms with van der Waals surface area (Å²) in [4.78, 5) is 15.5. The number of aromatic amines is 1. The summed E-state index contributed by atoms with van der Waals surface area (Å²) < 4.78 is 5.45. The van der Waals surface area contributed by atoms with E-state index in [1.807, 2.05) is 56.4 Å². The molecule has 26 heavy (non-hydrogen) atoms. The van der Waals surface area contributed by atoms with Crippen molar-refractivity contribution in [2.45, 2.75) is 39.2 Å². The van der Waals surface area contributed by atoms with Crippen molar-refractivity contribution in [3.8, 4) is 5.75 Å². The SMILES string of the molecule is CCOc1ccc([C@@H](C)NC(=O)CCCc2c[nH]c3ccccc23)cc1. The predicted octanol–water partition coefficient (Wildman–Crippen LogP) is 4.77. The normalized spacial score (nSPS) is 12.1. The van der Waals surface area contributed by atoms with E-state index >= 15 is 0 Å². The van der Waals surface area contributed by atoms with Crippen molar-refractivity contribution >= 4 is 16.8 Å². The van der Waals surface area contributed by atoms with Crippen LogP contribution in [0.5, 0.6) is 5.75 Å². The summed E-state index contributed by atoms with van der Waals surface area (Å²) in [5.41, 5.74) is 3.50. The summed E-state index contributed by atoms with van der Waals surface area (Å²) in [6.45, 7) is 4.63. The smallest absolute Gasteiger partial charge is 0.220 e. The fraction of sp³-hybridized carbons (Fsp3) is 0.318. The van der Waals surface area contributed by atoms with Gasteiger partial charge in [0.15, 0.2) is 0 Å². The summed E-state index contributed by atoms with van der Waals surface area (Å²) in [6.07, 6.45) is 4.31. The number of nitrogens with one attached hydrogen (secondary N) is 2.